The molecule has 3 atom stereocenters. The maximum absolute atomic E-state index is 5.49. The van der Waals surface area contributed by atoms with Gasteiger partial charge in [0.05, 0.1) is 6.10 Å². The van der Waals surface area contributed by atoms with Crippen LogP contribution in [0.3, 0.4) is 0 Å². The highest BCUT2D eigenvalue weighted by atomic mass is 16.5. The van der Waals surface area contributed by atoms with Crippen molar-refractivity contribution in [2.75, 3.05) is 19.7 Å². The van der Waals surface area contributed by atoms with E-state index in [0.717, 1.165) is 25.0 Å². The zero-order valence-electron chi connectivity index (χ0n) is 10.6. The maximum atomic E-state index is 5.49. The number of nitrogens with one attached hydrogen (secondary N) is 1. The third-order valence-electron chi connectivity index (χ3n) is 3.36. The molecule has 0 radical (unpaired) electrons. The average Bonchev–Trinajstić information content (AvgIpc) is 2.18. The Hall–Kier alpha value is -0.0800. The van der Waals surface area contributed by atoms with Crippen LogP contribution >= 0.6 is 0 Å². The standard InChI is InChI=1S/C13H27NO/c1-4-15-12(3)9-14-10-13-7-5-6-11(2)8-13/h11-14H,4-10H2,1-3H3. The van der Waals surface area contributed by atoms with Crippen LogP contribution in [0, 0.1) is 11.8 Å². The molecule has 0 spiro atoms. The normalized spacial score (nSPS) is 29.0. The number of ether oxygens (including phenoxy) is 1. The molecule has 2 nitrogen and oxygen atoms in total. The lowest BCUT2D eigenvalue weighted by atomic mass is 9.82. The minimum Gasteiger partial charge on any atom is -0.377 e. The van der Waals surface area contributed by atoms with E-state index in [4.69, 9.17) is 4.74 Å². The Labute approximate surface area is 94.8 Å². The molecule has 0 bridgehead atoms. The van der Waals surface area contributed by atoms with Crippen molar-refractivity contribution in [3.63, 3.8) is 0 Å². The maximum Gasteiger partial charge on any atom is 0.0671 e. The summed E-state index contributed by atoms with van der Waals surface area (Å²) in [6, 6.07) is 0. The second-order valence-electron chi connectivity index (χ2n) is 5.06. The molecule has 0 amide bonds. The minimum absolute atomic E-state index is 0.357. The Morgan fingerprint density at radius 2 is 2.20 bits per heavy atom. The van der Waals surface area contributed by atoms with Crippen molar-refractivity contribution in [3.8, 4) is 0 Å². The van der Waals surface area contributed by atoms with Crippen molar-refractivity contribution in [2.24, 2.45) is 11.8 Å². The van der Waals surface area contributed by atoms with Gasteiger partial charge in [-0.1, -0.05) is 19.8 Å². The Morgan fingerprint density at radius 3 is 2.87 bits per heavy atom. The lowest BCUT2D eigenvalue weighted by Gasteiger charge is -2.27. The van der Waals surface area contributed by atoms with E-state index in [9.17, 15) is 0 Å². The van der Waals surface area contributed by atoms with E-state index in [1.54, 1.807) is 0 Å². The zero-order chi connectivity index (χ0) is 11.1. The fourth-order valence-corrected chi connectivity index (χ4v) is 2.58. The van der Waals surface area contributed by atoms with Crippen LogP contribution in [-0.2, 0) is 4.74 Å². The van der Waals surface area contributed by atoms with Crippen molar-refractivity contribution in [2.45, 2.75) is 52.6 Å². The van der Waals surface area contributed by atoms with Gasteiger partial charge in [-0.3, -0.25) is 0 Å². The van der Waals surface area contributed by atoms with Crippen molar-refractivity contribution < 1.29 is 4.74 Å². The number of hydrogen-bond acceptors (Lipinski definition) is 2. The molecule has 1 aliphatic carbocycles. The smallest absolute Gasteiger partial charge is 0.0671 e. The summed E-state index contributed by atoms with van der Waals surface area (Å²) in [6.07, 6.45) is 6.05. The van der Waals surface area contributed by atoms with E-state index in [1.165, 1.54) is 32.2 Å². The molecule has 0 saturated heterocycles. The third kappa shape index (κ3) is 5.53. The summed E-state index contributed by atoms with van der Waals surface area (Å²) in [5, 5.41) is 3.54. The van der Waals surface area contributed by atoms with Gasteiger partial charge >= 0.3 is 0 Å². The highest BCUT2D eigenvalue weighted by Gasteiger charge is 2.18. The molecule has 0 heterocycles. The molecule has 15 heavy (non-hydrogen) atoms. The lowest BCUT2D eigenvalue weighted by Crippen LogP contribution is -2.32. The predicted molar refractivity (Wildman–Crippen MR) is 65.1 cm³/mol. The van der Waals surface area contributed by atoms with Crippen molar-refractivity contribution in [3.05, 3.63) is 0 Å². The first-order valence-electron chi connectivity index (χ1n) is 6.54. The van der Waals surface area contributed by atoms with Crippen molar-refractivity contribution in [1.29, 1.82) is 0 Å². The Morgan fingerprint density at radius 1 is 1.40 bits per heavy atom. The van der Waals surface area contributed by atoms with Gasteiger partial charge in [0.15, 0.2) is 0 Å². The van der Waals surface area contributed by atoms with Gasteiger partial charge in [0.1, 0.15) is 0 Å². The van der Waals surface area contributed by atoms with E-state index in [0.29, 0.717) is 6.10 Å². The summed E-state index contributed by atoms with van der Waals surface area (Å²) in [6.45, 7) is 9.58. The highest BCUT2D eigenvalue weighted by Crippen LogP contribution is 2.27. The first kappa shape index (κ1) is 13.0. The summed E-state index contributed by atoms with van der Waals surface area (Å²) in [7, 11) is 0. The third-order valence-corrected chi connectivity index (χ3v) is 3.36. The van der Waals surface area contributed by atoms with Gasteiger partial charge in [-0.2, -0.15) is 0 Å². The number of hydrogen-bond donors (Lipinski definition) is 1. The van der Waals surface area contributed by atoms with Crippen molar-refractivity contribution in [1.82, 2.24) is 5.32 Å². The zero-order valence-corrected chi connectivity index (χ0v) is 10.6. The fourth-order valence-electron chi connectivity index (χ4n) is 2.58. The van der Waals surface area contributed by atoms with E-state index >= 15 is 0 Å². The largest absolute Gasteiger partial charge is 0.377 e. The van der Waals surface area contributed by atoms with E-state index < -0.39 is 0 Å². The molecule has 1 aliphatic rings. The monoisotopic (exact) mass is 213 g/mol. The van der Waals surface area contributed by atoms with E-state index in [2.05, 4.69) is 26.1 Å². The van der Waals surface area contributed by atoms with Crippen LogP contribution in [0.5, 0.6) is 0 Å². The second kappa shape index (κ2) is 7.24. The fraction of sp³-hybridized carbons (Fsp3) is 1.00. The highest BCUT2D eigenvalue weighted by molar-refractivity contribution is 4.72. The van der Waals surface area contributed by atoms with Crippen LogP contribution in [0.25, 0.3) is 0 Å². The van der Waals surface area contributed by atoms with Crippen molar-refractivity contribution >= 4 is 0 Å². The molecule has 0 aromatic heterocycles. The molecule has 0 aromatic carbocycles. The summed E-state index contributed by atoms with van der Waals surface area (Å²) >= 11 is 0. The van der Waals surface area contributed by atoms with Crippen LogP contribution in [0.1, 0.15) is 46.5 Å². The van der Waals surface area contributed by atoms with Gasteiger partial charge in [0, 0.05) is 13.2 Å². The number of rotatable bonds is 6. The van der Waals surface area contributed by atoms with Crippen LogP contribution < -0.4 is 5.32 Å². The molecular formula is C13H27NO. The average molecular weight is 213 g/mol. The van der Waals surface area contributed by atoms with Crippen LogP contribution in [-0.4, -0.2) is 25.8 Å². The Bertz CT molecular complexity index is 161. The molecule has 90 valence electrons. The summed E-state index contributed by atoms with van der Waals surface area (Å²) in [4.78, 5) is 0. The molecule has 2 heteroatoms. The quantitative estimate of drug-likeness (QED) is 0.732. The SMILES string of the molecule is CCOC(C)CNCC1CCCC(C)C1. The lowest BCUT2D eigenvalue weighted by molar-refractivity contribution is 0.0747. The first-order valence-corrected chi connectivity index (χ1v) is 6.54. The molecular weight excluding hydrogens is 186 g/mol. The van der Waals surface area contributed by atoms with Gasteiger partial charge in [0.25, 0.3) is 0 Å². The molecule has 0 aromatic rings. The van der Waals surface area contributed by atoms with Crippen LogP contribution in [0.15, 0.2) is 0 Å². The van der Waals surface area contributed by atoms with Gasteiger partial charge in [-0.15, -0.1) is 0 Å². The first-order chi connectivity index (χ1) is 7.22. The van der Waals surface area contributed by atoms with Crippen LogP contribution in [0.2, 0.25) is 0 Å². The summed E-state index contributed by atoms with van der Waals surface area (Å²) in [5.74, 6) is 1.84. The topological polar surface area (TPSA) is 21.3 Å². The molecule has 1 saturated carbocycles. The van der Waals surface area contributed by atoms with E-state index in [-0.39, 0.29) is 0 Å². The minimum atomic E-state index is 0.357. The van der Waals surface area contributed by atoms with Gasteiger partial charge < -0.3 is 10.1 Å². The van der Waals surface area contributed by atoms with Crippen LogP contribution in [0.4, 0.5) is 0 Å². The van der Waals surface area contributed by atoms with Gasteiger partial charge in [-0.25, -0.2) is 0 Å². The van der Waals surface area contributed by atoms with Gasteiger partial charge in [-0.05, 0) is 45.1 Å². The molecule has 3 unspecified atom stereocenters. The molecule has 1 N–H and O–H groups in total. The van der Waals surface area contributed by atoms with Gasteiger partial charge in [0.2, 0.25) is 0 Å². The Balaban J connectivity index is 2.03. The summed E-state index contributed by atoms with van der Waals surface area (Å²) < 4.78 is 5.49. The molecule has 1 fully saturated rings. The molecule has 1 rings (SSSR count). The molecule has 0 aliphatic heterocycles. The predicted octanol–water partition coefficient (Wildman–Crippen LogP) is 2.83. The van der Waals surface area contributed by atoms with E-state index in [1.807, 2.05) is 0 Å². The second-order valence-corrected chi connectivity index (χ2v) is 5.06. The Kier molecular flexibility index (Phi) is 6.26. The summed E-state index contributed by atoms with van der Waals surface area (Å²) in [5.41, 5.74) is 0.